The smallest absolute Gasteiger partial charge is 0.211 e. The fraction of sp³-hybridized carbons (Fsp3) is 0.560. The third-order valence-corrected chi connectivity index (χ3v) is 7.86. The van der Waals surface area contributed by atoms with Gasteiger partial charge in [0, 0.05) is 44.3 Å². The van der Waals surface area contributed by atoms with Crippen LogP contribution in [-0.2, 0) is 13.0 Å². The Labute approximate surface area is 190 Å². The van der Waals surface area contributed by atoms with Crippen molar-refractivity contribution in [3.63, 3.8) is 0 Å². The monoisotopic (exact) mass is 431 g/mol. The van der Waals surface area contributed by atoms with Crippen LogP contribution in [0.1, 0.15) is 48.7 Å². The molecule has 2 fully saturated rings. The predicted molar refractivity (Wildman–Crippen MR) is 126 cm³/mol. The van der Waals surface area contributed by atoms with Crippen LogP contribution >= 0.6 is 0 Å². The molecule has 3 aliphatic rings. The summed E-state index contributed by atoms with van der Waals surface area (Å²) in [6.45, 7) is 4.19. The molecule has 3 unspecified atom stereocenters. The predicted octanol–water partition coefficient (Wildman–Crippen LogP) is 3.16. The zero-order valence-corrected chi connectivity index (χ0v) is 19.2. The number of piperidine rings is 1. The van der Waals surface area contributed by atoms with Gasteiger partial charge >= 0.3 is 0 Å². The third-order valence-electron chi connectivity index (χ3n) is 7.86. The van der Waals surface area contributed by atoms with Crippen LogP contribution in [0.25, 0.3) is 5.65 Å². The van der Waals surface area contributed by atoms with Gasteiger partial charge in [-0.3, -0.25) is 14.3 Å². The van der Waals surface area contributed by atoms with Crippen molar-refractivity contribution in [3.8, 4) is 0 Å². The van der Waals surface area contributed by atoms with Gasteiger partial charge in [-0.15, -0.1) is 0 Å². The highest BCUT2D eigenvalue weighted by molar-refractivity contribution is 5.48. The molecular weight excluding hydrogens is 398 g/mol. The molecule has 3 aromatic rings. The van der Waals surface area contributed by atoms with Gasteiger partial charge in [0.2, 0.25) is 5.95 Å². The van der Waals surface area contributed by atoms with E-state index >= 15 is 0 Å². The van der Waals surface area contributed by atoms with E-state index in [-0.39, 0.29) is 0 Å². The molecule has 0 bridgehead atoms. The normalized spacial score (nSPS) is 26.0. The van der Waals surface area contributed by atoms with Gasteiger partial charge in [0.1, 0.15) is 5.65 Å². The van der Waals surface area contributed by atoms with Gasteiger partial charge in [-0.25, -0.2) is 9.97 Å². The summed E-state index contributed by atoms with van der Waals surface area (Å²) in [7, 11) is 4.48. The Balaban J connectivity index is 1.24. The molecule has 32 heavy (non-hydrogen) atoms. The summed E-state index contributed by atoms with van der Waals surface area (Å²) in [5, 5.41) is 0. The summed E-state index contributed by atoms with van der Waals surface area (Å²) in [5.74, 6) is 1.79. The Bertz CT molecular complexity index is 1110. The maximum absolute atomic E-state index is 4.97. The number of nitrogens with zero attached hydrogens (tertiary/aromatic N) is 7. The number of likely N-dealkylation sites (N-methyl/N-ethyl adjacent to an activating group) is 1. The summed E-state index contributed by atoms with van der Waals surface area (Å²) in [4.78, 5) is 21.9. The molecule has 1 aliphatic carbocycles. The molecule has 0 N–H and O–H groups in total. The Morgan fingerprint density at radius 2 is 2.03 bits per heavy atom. The van der Waals surface area contributed by atoms with E-state index in [0.717, 1.165) is 55.7 Å². The molecule has 2 aliphatic heterocycles. The first-order chi connectivity index (χ1) is 15.7. The Morgan fingerprint density at radius 1 is 1.09 bits per heavy atom. The molecule has 2 saturated heterocycles. The van der Waals surface area contributed by atoms with Crippen molar-refractivity contribution >= 4 is 11.6 Å². The van der Waals surface area contributed by atoms with E-state index in [1.165, 1.54) is 37.1 Å². The van der Waals surface area contributed by atoms with Crippen LogP contribution in [0.2, 0.25) is 0 Å². The Hall–Kier alpha value is -2.51. The number of anilines is 1. The standard InChI is InChI=1S/C25H33N7/c1-29-13-5-8-19-14-31(17-22(19)29)25-27-12-10-23-28-20(16-32(23)25)15-30(2)21-9-3-6-18-7-4-11-26-24(18)21/h4,7,10-12,16,19,21-22H,3,5-6,8-9,13-15,17H2,1-2H3. The SMILES string of the molecule is CN(Cc1cn2c(N3CC4CCCN(C)C4C3)nccc2n1)C1CCCc2cccnc21. The number of aryl methyl sites for hydroxylation is 1. The largest absolute Gasteiger partial charge is 0.340 e. The molecule has 6 rings (SSSR count). The molecule has 0 amide bonds. The molecule has 0 aromatic carbocycles. The molecule has 0 saturated carbocycles. The van der Waals surface area contributed by atoms with Gasteiger partial charge in [-0.2, -0.15) is 0 Å². The molecule has 3 atom stereocenters. The fourth-order valence-electron chi connectivity index (χ4n) is 6.21. The van der Waals surface area contributed by atoms with Crippen molar-refractivity contribution in [2.75, 3.05) is 38.6 Å². The minimum absolute atomic E-state index is 0.361. The molecule has 3 aromatic heterocycles. The number of likely N-dealkylation sites (tertiary alicyclic amines) is 1. The van der Waals surface area contributed by atoms with Crippen LogP contribution in [0, 0.1) is 5.92 Å². The van der Waals surface area contributed by atoms with Crippen molar-refractivity contribution < 1.29 is 0 Å². The minimum Gasteiger partial charge on any atom is -0.340 e. The van der Waals surface area contributed by atoms with Crippen LogP contribution in [0.4, 0.5) is 5.95 Å². The fourth-order valence-corrected chi connectivity index (χ4v) is 6.21. The van der Waals surface area contributed by atoms with Crippen molar-refractivity contribution in [2.24, 2.45) is 5.92 Å². The van der Waals surface area contributed by atoms with E-state index in [1.807, 2.05) is 18.5 Å². The van der Waals surface area contributed by atoms with Gasteiger partial charge < -0.3 is 9.80 Å². The lowest BCUT2D eigenvalue weighted by atomic mass is 9.91. The highest BCUT2D eigenvalue weighted by atomic mass is 15.3. The summed E-state index contributed by atoms with van der Waals surface area (Å²) >= 11 is 0. The van der Waals surface area contributed by atoms with E-state index in [9.17, 15) is 0 Å². The number of aromatic nitrogens is 4. The lowest BCUT2D eigenvalue weighted by molar-refractivity contribution is 0.158. The van der Waals surface area contributed by atoms with Crippen molar-refractivity contribution in [2.45, 2.75) is 50.7 Å². The summed E-state index contributed by atoms with van der Waals surface area (Å²) in [6, 6.07) is 7.33. The van der Waals surface area contributed by atoms with Crippen molar-refractivity contribution in [3.05, 3.63) is 53.7 Å². The van der Waals surface area contributed by atoms with Crippen LogP contribution in [0.5, 0.6) is 0 Å². The van der Waals surface area contributed by atoms with E-state index < -0.39 is 0 Å². The molecule has 168 valence electrons. The van der Waals surface area contributed by atoms with E-state index in [4.69, 9.17) is 15.0 Å². The maximum atomic E-state index is 4.97. The lowest BCUT2D eigenvalue weighted by Crippen LogP contribution is -2.42. The van der Waals surface area contributed by atoms with E-state index in [2.05, 4.69) is 51.5 Å². The zero-order valence-electron chi connectivity index (χ0n) is 19.2. The van der Waals surface area contributed by atoms with Gasteiger partial charge in [0.25, 0.3) is 0 Å². The average molecular weight is 432 g/mol. The van der Waals surface area contributed by atoms with Crippen LogP contribution in [-0.4, -0.2) is 68.9 Å². The van der Waals surface area contributed by atoms with Gasteiger partial charge in [-0.1, -0.05) is 6.07 Å². The summed E-state index contributed by atoms with van der Waals surface area (Å²) in [6.07, 6.45) is 12.2. The first kappa shape index (κ1) is 20.1. The first-order valence-corrected chi connectivity index (χ1v) is 12.1. The highest BCUT2D eigenvalue weighted by Crippen LogP contribution is 2.34. The quantitative estimate of drug-likeness (QED) is 0.633. The summed E-state index contributed by atoms with van der Waals surface area (Å²) in [5.41, 5.74) is 4.73. The molecule has 7 heteroatoms. The van der Waals surface area contributed by atoms with Crippen LogP contribution < -0.4 is 4.90 Å². The highest BCUT2D eigenvalue weighted by Gasteiger charge is 2.38. The molecule has 5 heterocycles. The second-order valence-electron chi connectivity index (χ2n) is 9.93. The van der Waals surface area contributed by atoms with E-state index in [1.54, 1.807) is 0 Å². The second-order valence-corrected chi connectivity index (χ2v) is 9.93. The molecule has 0 spiro atoms. The Morgan fingerprint density at radius 3 is 2.94 bits per heavy atom. The lowest BCUT2D eigenvalue weighted by Gasteiger charge is -2.33. The minimum atomic E-state index is 0.361. The zero-order chi connectivity index (χ0) is 21.7. The number of fused-ring (bicyclic) bond motifs is 3. The maximum Gasteiger partial charge on any atom is 0.211 e. The van der Waals surface area contributed by atoms with Gasteiger partial charge in [0.15, 0.2) is 0 Å². The third kappa shape index (κ3) is 3.48. The van der Waals surface area contributed by atoms with Gasteiger partial charge in [-0.05, 0) is 76.4 Å². The number of rotatable bonds is 4. The first-order valence-electron chi connectivity index (χ1n) is 12.1. The Kier molecular flexibility index (Phi) is 5.11. The number of hydrogen-bond acceptors (Lipinski definition) is 6. The van der Waals surface area contributed by atoms with Gasteiger partial charge in [0.05, 0.1) is 17.4 Å². The molecule has 7 nitrogen and oxygen atoms in total. The average Bonchev–Trinajstić information content (AvgIpc) is 3.43. The second kappa shape index (κ2) is 8.12. The van der Waals surface area contributed by atoms with Crippen molar-refractivity contribution in [1.82, 2.24) is 29.2 Å². The van der Waals surface area contributed by atoms with Crippen molar-refractivity contribution in [1.29, 1.82) is 0 Å². The molecular formula is C25H33N7. The van der Waals surface area contributed by atoms with Crippen LogP contribution in [0.15, 0.2) is 36.8 Å². The van der Waals surface area contributed by atoms with E-state index in [0.29, 0.717) is 12.1 Å². The van der Waals surface area contributed by atoms with Crippen LogP contribution in [0.3, 0.4) is 0 Å². The number of hydrogen-bond donors (Lipinski definition) is 0. The summed E-state index contributed by atoms with van der Waals surface area (Å²) < 4.78 is 2.20. The molecule has 0 radical (unpaired) electrons. The topological polar surface area (TPSA) is 52.8 Å². The number of pyridine rings is 1. The number of imidazole rings is 1.